The Morgan fingerprint density at radius 3 is 2.56 bits per heavy atom. The van der Waals surface area contributed by atoms with Gasteiger partial charge < -0.3 is 5.32 Å². The van der Waals surface area contributed by atoms with Crippen molar-refractivity contribution in [3.8, 4) is 0 Å². The van der Waals surface area contributed by atoms with Crippen molar-refractivity contribution in [2.75, 3.05) is 5.32 Å². The van der Waals surface area contributed by atoms with Gasteiger partial charge in [-0.05, 0) is 33.6 Å². The van der Waals surface area contributed by atoms with Gasteiger partial charge in [0.05, 0.1) is 5.02 Å². The van der Waals surface area contributed by atoms with Crippen LogP contribution in [0.5, 0.6) is 0 Å². The highest BCUT2D eigenvalue weighted by molar-refractivity contribution is 9.10. The Hall–Kier alpha value is -1.06. The fourth-order valence-electron chi connectivity index (χ4n) is 1.30. The molecule has 0 unspecified atom stereocenters. The van der Waals surface area contributed by atoms with E-state index in [9.17, 15) is 0 Å². The Balaban J connectivity index is 2.03. The van der Waals surface area contributed by atoms with E-state index >= 15 is 0 Å². The highest BCUT2D eigenvalue weighted by atomic mass is 79.9. The Labute approximate surface area is 108 Å². The molecule has 0 amide bonds. The summed E-state index contributed by atoms with van der Waals surface area (Å²) >= 11 is 9.15. The SMILES string of the molecule is Clc1ccc(NCc2ccccc2)nc1Br. The molecule has 0 aliphatic heterocycles. The molecule has 0 saturated carbocycles. The average Bonchev–Trinajstić information content (AvgIpc) is 2.32. The third kappa shape index (κ3) is 2.97. The Morgan fingerprint density at radius 1 is 1.12 bits per heavy atom. The first-order valence-electron chi connectivity index (χ1n) is 4.85. The molecule has 1 N–H and O–H groups in total. The molecule has 0 saturated heterocycles. The fraction of sp³-hybridized carbons (Fsp3) is 0.0833. The second-order valence-corrected chi connectivity index (χ2v) is 4.47. The van der Waals surface area contributed by atoms with Gasteiger partial charge in [-0.1, -0.05) is 41.9 Å². The summed E-state index contributed by atoms with van der Waals surface area (Å²) in [6.07, 6.45) is 0. The number of nitrogens with zero attached hydrogens (tertiary/aromatic N) is 1. The van der Waals surface area contributed by atoms with Crippen LogP contribution < -0.4 is 5.32 Å². The van der Waals surface area contributed by atoms with Crippen molar-refractivity contribution in [1.29, 1.82) is 0 Å². The van der Waals surface area contributed by atoms with E-state index in [-0.39, 0.29) is 0 Å². The van der Waals surface area contributed by atoms with Crippen molar-refractivity contribution >= 4 is 33.3 Å². The van der Waals surface area contributed by atoms with E-state index in [0.29, 0.717) is 9.63 Å². The minimum Gasteiger partial charge on any atom is -0.366 e. The summed E-state index contributed by atoms with van der Waals surface area (Å²) in [6.45, 7) is 0.752. The lowest BCUT2D eigenvalue weighted by Crippen LogP contribution is -2.01. The number of hydrogen-bond acceptors (Lipinski definition) is 2. The van der Waals surface area contributed by atoms with Gasteiger partial charge in [0.2, 0.25) is 0 Å². The maximum atomic E-state index is 5.86. The third-order valence-electron chi connectivity index (χ3n) is 2.12. The quantitative estimate of drug-likeness (QED) is 0.862. The molecule has 0 spiro atoms. The van der Waals surface area contributed by atoms with E-state index < -0.39 is 0 Å². The van der Waals surface area contributed by atoms with Crippen LogP contribution >= 0.6 is 27.5 Å². The van der Waals surface area contributed by atoms with Gasteiger partial charge in [0.15, 0.2) is 0 Å². The minimum absolute atomic E-state index is 0.616. The molecule has 2 aromatic rings. The Morgan fingerprint density at radius 2 is 1.88 bits per heavy atom. The van der Waals surface area contributed by atoms with E-state index in [0.717, 1.165) is 12.4 Å². The summed E-state index contributed by atoms with van der Waals surface area (Å²) in [7, 11) is 0. The summed E-state index contributed by atoms with van der Waals surface area (Å²) in [5.74, 6) is 0.806. The van der Waals surface area contributed by atoms with Crippen molar-refractivity contribution in [2.45, 2.75) is 6.54 Å². The summed E-state index contributed by atoms with van der Waals surface area (Å²) in [5, 5.41) is 3.85. The zero-order valence-electron chi connectivity index (χ0n) is 8.45. The average molecular weight is 298 g/mol. The van der Waals surface area contributed by atoms with E-state index in [1.807, 2.05) is 30.3 Å². The topological polar surface area (TPSA) is 24.9 Å². The zero-order valence-corrected chi connectivity index (χ0v) is 10.8. The summed E-state index contributed by atoms with van der Waals surface area (Å²) < 4.78 is 0.659. The summed E-state index contributed by atoms with van der Waals surface area (Å²) in [4.78, 5) is 4.26. The van der Waals surface area contributed by atoms with Crippen LogP contribution in [0.15, 0.2) is 47.1 Å². The molecule has 2 nitrogen and oxygen atoms in total. The predicted octanol–water partition coefficient (Wildman–Crippen LogP) is 4.11. The van der Waals surface area contributed by atoms with E-state index in [2.05, 4.69) is 38.4 Å². The number of pyridine rings is 1. The number of anilines is 1. The van der Waals surface area contributed by atoms with Gasteiger partial charge in [0, 0.05) is 6.54 Å². The number of aromatic nitrogens is 1. The van der Waals surface area contributed by atoms with Crippen LogP contribution in [0.1, 0.15) is 5.56 Å². The van der Waals surface area contributed by atoms with Gasteiger partial charge in [-0.25, -0.2) is 4.98 Å². The highest BCUT2D eigenvalue weighted by Gasteiger charge is 2.00. The number of halogens is 2. The lowest BCUT2D eigenvalue weighted by Gasteiger charge is -2.06. The lowest BCUT2D eigenvalue weighted by molar-refractivity contribution is 1.10. The maximum Gasteiger partial charge on any atom is 0.127 e. The highest BCUT2D eigenvalue weighted by Crippen LogP contribution is 2.21. The van der Waals surface area contributed by atoms with Crippen LogP contribution in [-0.2, 0) is 6.54 Å². The van der Waals surface area contributed by atoms with Crippen LogP contribution in [0.3, 0.4) is 0 Å². The van der Waals surface area contributed by atoms with Crippen LogP contribution in [0, 0.1) is 0 Å². The van der Waals surface area contributed by atoms with Crippen LogP contribution in [0.2, 0.25) is 5.02 Å². The number of hydrogen-bond donors (Lipinski definition) is 1. The number of benzene rings is 1. The molecule has 1 aromatic heterocycles. The van der Waals surface area contributed by atoms with E-state index in [1.54, 1.807) is 0 Å². The largest absolute Gasteiger partial charge is 0.366 e. The molecule has 1 heterocycles. The second kappa shape index (κ2) is 5.32. The molecule has 2 rings (SSSR count). The monoisotopic (exact) mass is 296 g/mol. The van der Waals surface area contributed by atoms with Crippen LogP contribution in [0.25, 0.3) is 0 Å². The molecule has 16 heavy (non-hydrogen) atoms. The Bertz CT molecular complexity index is 474. The van der Waals surface area contributed by atoms with Gasteiger partial charge in [-0.2, -0.15) is 0 Å². The fourth-order valence-corrected chi connectivity index (χ4v) is 1.73. The van der Waals surface area contributed by atoms with Crippen LogP contribution in [0.4, 0.5) is 5.82 Å². The number of rotatable bonds is 3. The lowest BCUT2D eigenvalue weighted by atomic mass is 10.2. The van der Waals surface area contributed by atoms with Crippen molar-refractivity contribution < 1.29 is 0 Å². The van der Waals surface area contributed by atoms with Gasteiger partial charge in [-0.15, -0.1) is 0 Å². The van der Waals surface area contributed by atoms with Gasteiger partial charge in [0.25, 0.3) is 0 Å². The molecule has 0 atom stereocenters. The van der Waals surface area contributed by atoms with E-state index in [4.69, 9.17) is 11.6 Å². The molecular formula is C12H10BrClN2. The van der Waals surface area contributed by atoms with E-state index in [1.165, 1.54) is 5.56 Å². The van der Waals surface area contributed by atoms with Crippen LogP contribution in [-0.4, -0.2) is 4.98 Å². The smallest absolute Gasteiger partial charge is 0.127 e. The molecule has 82 valence electrons. The second-order valence-electron chi connectivity index (χ2n) is 3.31. The number of nitrogens with one attached hydrogen (secondary N) is 1. The summed E-state index contributed by atoms with van der Waals surface area (Å²) in [5.41, 5.74) is 1.22. The first kappa shape index (κ1) is 11.4. The van der Waals surface area contributed by atoms with Crippen molar-refractivity contribution in [2.24, 2.45) is 0 Å². The summed E-state index contributed by atoms with van der Waals surface area (Å²) in [6, 6.07) is 13.8. The first-order chi connectivity index (χ1) is 7.75. The first-order valence-corrected chi connectivity index (χ1v) is 6.02. The predicted molar refractivity (Wildman–Crippen MR) is 70.7 cm³/mol. The molecular weight excluding hydrogens is 288 g/mol. The van der Waals surface area contributed by atoms with Crippen molar-refractivity contribution in [1.82, 2.24) is 4.98 Å². The normalized spacial score (nSPS) is 10.1. The molecule has 0 bridgehead atoms. The molecule has 0 aliphatic carbocycles. The van der Waals surface area contributed by atoms with Crippen molar-refractivity contribution in [3.05, 3.63) is 57.7 Å². The molecule has 1 aromatic carbocycles. The van der Waals surface area contributed by atoms with Gasteiger partial charge >= 0.3 is 0 Å². The molecule has 0 aliphatic rings. The molecule has 0 radical (unpaired) electrons. The maximum absolute atomic E-state index is 5.86. The molecule has 4 heteroatoms. The van der Waals surface area contributed by atoms with Gasteiger partial charge in [-0.3, -0.25) is 0 Å². The molecule has 0 fully saturated rings. The zero-order chi connectivity index (χ0) is 11.4. The van der Waals surface area contributed by atoms with Crippen molar-refractivity contribution in [3.63, 3.8) is 0 Å². The van der Waals surface area contributed by atoms with Gasteiger partial charge in [0.1, 0.15) is 10.4 Å². The minimum atomic E-state index is 0.616. The standard InChI is InChI=1S/C12H10BrClN2/c13-12-10(14)6-7-11(16-12)15-8-9-4-2-1-3-5-9/h1-7H,8H2,(H,15,16). The third-order valence-corrected chi connectivity index (χ3v) is 3.26. The Kier molecular flexibility index (Phi) is 3.80.